The van der Waals surface area contributed by atoms with E-state index in [1.54, 1.807) is 18.2 Å². The SMILES string of the molecule is Fc1ccc(CC2(c3c(F)cccc3OCc3ccccc3)NCCc3ccccc32)cc1. The largest absolute Gasteiger partial charge is 0.488 e. The Morgan fingerprint density at radius 2 is 1.52 bits per heavy atom. The van der Waals surface area contributed by atoms with Gasteiger partial charge in [-0.05, 0) is 59.4 Å². The summed E-state index contributed by atoms with van der Waals surface area (Å²) in [4.78, 5) is 0. The Morgan fingerprint density at radius 3 is 2.33 bits per heavy atom. The zero-order valence-electron chi connectivity index (χ0n) is 18.2. The fraction of sp³-hybridized carbons (Fsp3) is 0.172. The molecule has 1 atom stereocenters. The van der Waals surface area contributed by atoms with E-state index in [0.717, 1.165) is 23.1 Å². The summed E-state index contributed by atoms with van der Waals surface area (Å²) in [5.41, 5.74) is 3.77. The number of halogens is 2. The molecular formula is C29H25F2NO. The summed E-state index contributed by atoms with van der Waals surface area (Å²) < 4.78 is 35.5. The number of hydrogen-bond acceptors (Lipinski definition) is 2. The Kier molecular flexibility index (Phi) is 5.93. The minimum absolute atomic E-state index is 0.289. The molecule has 0 spiro atoms. The molecule has 4 aromatic carbocycles. The van der Waals surface area contributed by atoms with Gasteiger partial charge in [-0.2, -0.15) is 0 Å². The minimum Gasteiger partial charge on any atom is -0.488 e. The van der Waals surface area contributed by atoms with E-state index in [9.17, 15) is 4.39 Å². The molecular weight excluding hydrogens is 416 g/mol. The molecule has 0 amide bonds. The Bertz CT molecular complexity index is 1240. The molecule has 1 heterocycles. The molecule has 1 aliphatic heterocycles. The second-order valence-electron chi connectivity index (χ2n) is 8.43. The second-order valence-corrected chi connectivity index (χ2v) is 8.43. The molecule has 0 fully saturated rings. The van der Waals surface area contributed by atoms with Gasteiger partial charge in [-0.25, -0.2) is 8.78 Å². The van der Waals surface area contributed by atoms with E-state index in [2.05, 4.69) is 17.4 Å². The smallest absolute Gasteiger partial charge is 0.132 e. The highest BCUT2D eigenvalue weighted by molar-refractivity contribution is 5.52. The molecule has 4 heteroatoms. The molecule has 33 heavy (non-hydrogen) atoms. The lowest BCUT2D eigenvalue weighted by atomic mass is 9.73. The first-order valence-electron chi connectivity index (χ1n) is 11.2. The Hall–Kier alpha value is -3.50. The molecule has 0 saturated carbocycles. The highest BCUT2D eigenvalue weighted by Crippen LogP contribution is 2.43. The van der Waals surface area contributed by atoms with Crippen LogP contribution >= 0.6 is 0 Å². The average Bonchev–Trinajstić information content (AvgIpc) is 2.85. The first-order valence-corrected chi connectivity index (χ1v) is 11.2. The summed E-state index contributed by atoms with van der Waals surface area (Å²) >= 11 is 0. The minimum atomic E-state index is -0.843. The van der Waals surface area contributed by atoms with Gasteiger partial charge in [0, 0.05) is 6.54 Å². The van der Waals surface area contributed by atoms with Crippen molar-refractivity contribution < 1.29 is 13.5 Å². The number of hydrogen-bond donors (Lipinski definition) is 1. The fourth-order valence-corrected chi connectivity index (χ4v) is 4.81. The quantitative estimate of drug-likeness (QED) is 0.386. The van der Waals surface area contributed by atoms with Crippen molar-refractivity contribution in [3.05, 3.63) is 137 Å². The van der Waals surface area contributed by atoms with Gasteiger partial charge >= 0.3 is 0 Å². The average molecular weight is 442 g/mol. The van der Waals surface area contributed by atoms with E-state index >= 15 is 4.39 Å². The Balaban J connectivity index is 1.64. The molecule has 1 N–H and O–H groups in total. The van der Waals surface area contributed by atoms with Gasteiger partial charge in [-0.1, -0.05) is 72.8 Å². The second kappa shape index (κ2) is 9.16. The summed E-state index contributed by atoms with van der Waals surface area (Å²) in [5.74, 6) is -0.111. The highest BCUT2D eigenvalue weighted by atomic mass is 19.1. The van der Waals surface area contributed by atoms with Gasteiger partial charge in [0.1, 0.15) is 24.0 Å². The van der Waals surface area contributed by atoms with Crippen molar-refractivity contribution in [3.8, 4) is 5.75 Å². The topological polar surface area (TPSA) is 21.3 Å². The van der Waals surface area contributed by atoms with Gasteiger partial charge in [0.15, 0.2) is 0 Å². The van der Waals surface area contributed by atoms with Gasteiger partial charge in [-0.15, -0.1) is 0 Å². The third-order valence-electron chi connectivity index (χ3n) is 6.32. The summed E-state index contributed by atoms with van der Waals surface area (Å²) in [6, 6.07) is 29.4. The van der Waals surface area contributed by atoms with Gasteiger partial charge in [0.2, 0.25) is 0 Å². The molecule has 166 valence electrons. The van der Waals surface area contributed by atoms with Crippen LogP contribution in [0.5, 0.6) is 5.75 Å². The van der Waals surface area contributed by atoms with Crippen molar-refractivity contribution in [3.63, 3.8) is 0 Å². The van der Waals surface area contributed by atoms with Crippen LogP contribution < -0.4 is 10.1 Å². The van der Waals surface area contributed by atoms with Crippen LogP contribution in [0.2, 0.25) is 0 Å². The van der Waals surface area contributed by atoms with Crippen LogP contribution in [0.25, 0.3) is 0 Å². The number of benzene rings is 4. The van der Waals surface area contributed by atoms with Gasteiger partial charge in [0.05, 0.1) is 11.1 Å². The summed E-state index contributed by atoms with van der Waals surface area (Å²) in [6.45, 7) is 1.04. The molecule has 1 aliphatic rings. The maximum absolute atomic E-state index is 15.7. The van der Waals surface area contributed by atoms with Gasteiger partial charge in [-0.3, -0.25) is 0 Å². The monoisotopic (exact) mass is 441 g/mol. The number of rotatable bonds is 6. The van der Waals surface area contributed by atoms with E-state index in [1.165, 1.54) is 23.8 Å². The predicted octanol–water partition coefficient (Wildman–Crippen LogP) is 6.18. The number of nitrogens with one attached hydrogen (secondary N) is 1. The lowest BCUT2D eigenvalue weighted by molar-refractivity contribution is 0.280. The summed E-state index contributed by atoms with van der Waals surface area (Å²) in [7, 11) is 0. The van der Waals surface area contributed by atoms with Crippen LogP contribution in [0.1, 0.15) is 27.8 Å². The highest BCUT2D eigenvalue weighted by Gasteiger charge is 2.42. The van der Waals surface area contributed by atoms with Crippen LogP contribution in [0.3, 0.4) is 0 Å². The zero-order chi connectivity index (χ0) is 22.7. The maximum Gasteiger partial charge on any atom is 0.132 e. The normalized spacial score (nSPS) is 17.4. The molecule has 5 rings (SSSR count). The maximum atomic E-state index is 15.7. The van der Waals surface area contributed by atoms with E-state index in [4.69, 9.17) is 4.74 Å². The predicted molar refractivity (Wildman–Crippen MR) is 126 cm³/mol. The number of ether oxygens (including phenoxy) is 1. The number of fused-ring (bicyclic) bond motifs is 1. The molecule has 4 aromatic rings. The zero-order valence-corrected chi connectivity index (χ0v) is 18.2. The van der Waals surface area contributed by atoms with Crippen molar-refractivity contribution in [1.82, 2.24) is 5.32 Å². The third kappa shape index (κ3) is 4.27. The van der Waals surface area contributed by atoms with E-state index in [1.807, 2.05) is 48.5 Å². The standard InChI is InChI=1S/C29H25F2NO/c30-24-15-13-21(14-16-24)19-29(25-10-5-4-9-23(25)17-18-32-29)28-26(31)11-6-12-27(28)33-20-22-7-2-1-3-8-22/h1-16,32H,17-20H2. The molecule has 0 aliphatic carbocycles. The summed E-state index contributed by atoms with van der Waals surface area (Å²) in [6.07, 6.45) is 1.32. The Labute approximate surface area is 192 Å². The van der Waals surface area contributed by atoms with Crippen LogP contribution in [-0.4, -0.2) is 6.54 Å². The lowest BCUT2D eigenvalue weighted by Gasteiger charge is -2.42. The molecule has 0 aromatic heterocycles. The molecule has 0 bridgehead atoms. The van der Waals surface area contributed by atoms with E-state index in [-0.39, 0.29) is 11.6 Å². The van der Waals surface area contributed by atoms with Crippen LogP contribution in [0, 0.1) is 11.6 Å². The lowest BCUT2D eigenvalue weighted by Crippen LogP contribution is -2.50. The van der Waals surface area contributed by atoms with Crippen molar-refractivity contribution in [2.24, 2.45) is 0 Å². The Morgan fingerprint density at radius 1 is 0.758 bits per heavy atom. The van der Waals surface area contributed by atoms with Crippen molar-refractivity contribution in [1.29, 1.82) is 0 Å². The van der Waals surface area contributed by atoms with Crippen LogP contribution in [0.4, 0.5) is 8.78 Å². The van der Waals surface area contributed by atoms with Crippen molar-refractivity contribution in [2.45, 2.75) is 25.0 Å². The molecule has 1 unspecified atom stereocenters. The third-order valence-corrected chi connectivity index (χ3v) is 6.32. The fourth-order valence-electron chi connectivity index (χ4n) is 4.81. The van der Waals surface area contributed by atoms with Crippen LogP contribution in [0.15, 0.2) is 97.1 Å². The first-order chi connectivity index (χ1) is 16.2. The molecule has 0 radical (unpaired) electrons. The first kappa shape index (κ1) is 21.4. The van der Waals surface area contributed by atoms with Crippen LogP contribution in [-0.2, 0) is 25.0 Å². The van der Waals surface area contributed by atoms with E-state index < -0.39 is 5.54 Å². The van der Waals surface area contributed by atoms with Gasteiger partial charge < -0.3 is 10.1 Å². The van der Waals surface area contributed by atoms with Gasteiger partial charge in [0.25, 0.3) is 0 Å². The van der Waals surface area contributed by atoms with Crippen molar-refractivity contribution in [2.75, 3.05) is 6.54 Å². The van der Waals surface area contributed by atoms with E-state index in [0.29, 0.717) is 30.9 Å². The van der Waals surface area contributed by atoms with Crippen molar-refractivity contribution >= 4 is 0 Å². The molecule has 2 nitrogen and oxygen atoms in total. The molecule has 0 saturated heterocycles. The summed E-state index contributed by atoms with van der Waals surface area (Å²) in [5, 5.41) is 3.63.